The Bertz CT molecular complexity index is 1000. The van der Waals surface area contributed by atoms with E-state index in [2.05, 4.69) is 21.2 Å². The lowest BCUT2D eigenvalue weighted by molar-refractivity contribution is -0.139. The van der Waals surface area contributed by atoms with Gasteiger partial charge in [0.2, 0.25) is 0 Å². The van der Waals surface area contributed by atoms with Crippen LogP contribution in [0.1, 0.15) is 35.1 Å². The van der Waals surface area contributed by atoms with Gasteiger partial charge < -0.3 is 15.4 Å². The number of amides is 3. The van der Waals surface area contributed by atoms with E-state index in [1.807, 2.05) is 32.9 Å². The van der Waals surface area contributed by atoms with Crippen molar-refractivity contribution in [2.24, 2.45) is 5.10 Å². The summed E-state index contributed by atoms with van der Waals surface area (Å²) in [5.41, 5.74) is 6.63. The van der Waals surface area contributed by atoms with Crippen LogP contribution in [-0.4, -0.2) is 36.6 Å². The molecule has 3 N–H and O–H groups in total. The second kappa shape index (κ2) is 9.88. The number of carbonyl (C=O) groups is 3. The molecule has 0 radical (unpaired) electrons. The molecule has 162 valence electrons. The minimum atomic E-state index is -0.829. The van der Waals surface area contributed by atoms with Gasteiger partial charge in [0.1, 0.15) is 5.75 Å². The number of ether oxygens (including phenoxy) is 1. The topological polar surface area (TPSA) is 109 Å². The number of hydrogen-bond donors (Lipinski definition) is 3. The molecule has 1 aliphatic rings. The van der Waals surface area contributed by atoms with Crippen LogP contribution in [0.15, 0.2) is 41.5 Å². The summed E-state index contributed by atoms with van der Waals surface area (Å²) in [6, 6.07) is 11.1. The van der Waals surface area contributed by atoms with Gasteiger partial charge in [0.05, 0.1) is 6.21 Å². The Morgan fingerprint density at radius 2 is 1.74 bits per heavy atom. The van der Waals surface area contributed by atoms with Gasteiger partial charge >= 0.3 is 11.8 Å². The monoisotopic (exact) mass is 422 g/mol. The van der Waals surface area contributed by atoms with Gasteiger partial charge in [-0.25, -0.2) is 5.43 Å². The summed E-state index contributed by atoms with van der Waals surface area (Å²) in [6.45, 7) is 5.71. The molecule has 0 aromatic heterocycles. The Labute approximate surface area is 181 Å². The van der Waals surface area contributed by atoms with Gasteiger partial charge in [-0.2, -0.15) is 5.10 Å². The first-order valence-corrected chi connectivity index (χ1v) is 10.1. The maximum absolute atomic E-state index is 12.4. The predicted molar refractivity (Wildman–Crippen MR) is 118 cm³/mol. The fraction of sp³-hybridized carbons (Fsp3) is 0.304. The number of hydrazone groups is 1. The lowest BCUT2D eigenvalue weighted by atomic mass is 10.1. The summed E-state index contributed by atoms with van der Waals surface area (Å²) in [7, 11) is 0. The Morgan fingerprint density at radius 3 is 2.42 bits per heavy atom. The van der Waals surface area contributed by atoms with Crippen molar-refractivity contribution in [3.63, 3.8) is 0 Å². The maximum Gasteiger partial charge on any atom is 0.329 e. The normalized spacial score (nSPS) is 13.0. The zero-order valence-electron chi connectivity index (χ0n) is 17.8. The molecule has 0 bridgehead atoms. The second-order valence-corrected chi connectivity index (χ2v) is 7.60. The molecule has 8 nitrogen and oxygen atoms in total. The SMILES string of the molecule is Cc1cc(C)c(NC(=O)COc2ccccc2/C=N/NC(=O)C(=O)NC2CC2)c(C)c1. The van der Waals surface area contributed by atoms with E-state index in [1.165, 1.54) is 6.21 Å². The van der Waals surface area contributed by atoms with Crippen LogP contribution >= 0.6 is 0 Å². The Hall–Kier alpha value is -3.68. The van der Waals surface area contributed by atoms with Crippen molar-refractivity contribution in [2.45, 2.75) is 39.7 Å². The number of carbonyl (C=O) groups excluding carboxylic acids is 3. The van der Waals surface area contributed by atoms with E-state index in [0.717, 1.165) is 35.2 Å². The van der Waals surface area contributed by atoms with Gasteiger partial charge in [-0.3, -0.25) is 14.4 Å². The molecular formula is C23H26N4O4. The molecule has 3 amide bonds. The molecule has 0 aliphatic heterocycles. The summed E-state index contributed by atoms with van der Waals surface area (Å²) in [4.78, 5) is 35.7. The zero-order valence-corrected chi connectivity index (χ0v) is 17.8. The zero-order chi connectivity index (χ0) is 22.4. The third-order valence-corrected chi connectivity index (χ3v) is 4.71. The van der Waals surface area contributed by atoms with E-state index in [-0.39, 0.29) is 18.6 Å². The smallest absolute Gasteiger partial charge is 0.329 e. The maximum atomic E-state index is 12.4. The summed E-state index contributed by atoms with van der Waals surface area (Å²) in [5.74, 6) is -1.39. The average Bonchev–Trinajstić information content (AvgIpc) is 3.53. The first kappa shape index (κ1) is 22.0. The van der Waals surface area contributed by atoms with Crippen molar-refractivity contribution in [3.8, 4) is 5.75 Å². The molecule has 2 aromatic rings. The molecule has 8 heteroatoms. The van der Waals surface area contributed by atoms with Crippen LogP contribution in [0, 0.1) is 20.8 Å². The van der Waals surface area contributed by atoms with Crippen LogP contribution in [0.5, 0.6) is 5.75 Å². The van der Waals surface area contributed by atoms with E-state index in [9.17, 15) is 14.4 Å². The van der Waals surface area contributed by atoms with E-state index in [4.69, 9.17) is 4.74 Å². The molecule has 1 saturated carbocycles. The molecule has 0 unspecified atom stereocenters. The molecule has 0 saturated heterocycles. The average molecular weight is 422 g/mol. The highest BCUT2D eigenvalue weighted by Crippen LogP contribution is 2.22. The standard InChI is InChI=1S/C23H26N4O4/c1-14-10-15(2)21(16(3)11-14)26-20(28)13-31-19-7-5-4-6-17(19)12-24-27-23(30)22(29)25-18-8-9-18/h4-7,10-12,18H,8-9,13H2,1-3H3,(H,25,29)(H,26,28)(H,27,30)/b24-12+. The third kappa shape index (κ3) is 6.40. The largest absolute Gasteiger partial charge is 0.483 e. The minimum absolute atomic E-state index is 0.0926. The van der Waals surface area contributed by atoms with E-state index < -0.39 is 11.8 Å². The number of benzene rings is 2. The minimum Gasteiger partial charge on any atom is -0.483 e. The molecule has 1 fully saturated rings. The molecule has 31 heavy (non-hydrogen) atoms. The highest BCUT2D eigenvalue weighted by molar-refractivity contribution is 6.35. The Morgan fingerprint density at radius 1 is 1.06 bits per heavy atom. The number of anilines is 1. The number of aryl methyl sites for hydroxylation is 3. The Balaban J connectivity index is 1.56. The lowest BCUT2D eigenvalue weighted by Crippen LogP contribution is -2.38. The molecule has 0 spiro atoms. The number of nitrogens with one attached hydrogen (secondary N) is 3. The molecule has 1 aliphatic carbocycles. The van der Waals surface area contributed by atoms with Crippen LogP contribution < -0.4 is 20.8 Å². The lowest BCUT2D eigenvalue weighted by Gasteiger charge is -2.14. The summed E-state index contributed by atoms with van der Waals surface area (Å²) in [5, 5.41) is 9.28. The van der Waals surface area contributed by atoms with Gasteiger partial charge in [0.15, 0.2) is 6.61 Å². The quantitative estimate of drug-likeness (QED) is 0.362. The van der Waals surface area contributed by atoms with Gasteiger partial charge in [0.25, 0.3) is 5.91 Å². The van der Waals surface area contributed by atoms with E-state index in [1.54, 1.807) is 24.3 Å². The van der Waals surface area contributed by atoms with Gasteiger partial charge in [0, 0.05) is 17.3 Å². The highest BCUT2D eigenvalue weighted by Gasteiger charge is 2.26. The van der Waals surface area contributed by atoms with Crippen LogP contribution in [0.3, 0.4) is 0 Å². The third-order valence-electron chi connectivity index (χ3n) is 4.71. The summed E-state index contributed by atoms with van der Waals surface area (Å²) < 4.78 is 5.65. The highest BCUT2D eigenvalue weighted by atomic mass is 16.5. The summed E-state index contributed by atoms with van der Waals surface area (Å²) >= 11 is 0. The van der Waals surface area contributed by atoms with Crippen molar-refractivity contribution in [1.29, 1.82) is 0 Å². The number of nitrogens with zero attached hydrogens (tertiary/aromatic N) is 1. The second-order valence-electron chi connectivity index (χ2n) is 7.60. The molecule has 0 heterocycles. The van der Waals surface area contributed by atoms with Gasteiger partial charge in [-0.15, -0.1) is 0 Å². The van der Waals surface area contributed by atoms with E-state index in [0.29, 0.717) is 11.3 Å². The molecule has 0 atom stereocenters. The Kier molecular flexibility index (Phi) is 7.02. The first-order chi connectivity index (χ1) is 14.8. The number of para-hydroxylation sites is 1. The number of hydrogen-bond acceptors (Lipinski definition) is 5. The van der Waals surface area contributed by atoms with Crippen molar-refractivity contribution in [2.75, 3.05) is 11.9 Å². The van der Waals surface area contributed by atoms with Crippen molar-refractivity contribution in [1.82, 2.24) is 10.7 Å². The van der Waals surface area contributed by atoms with Crippen molar-refractivity contribution >= 4 is 29.6 Å². The molecule has 3 rings (SSSR count). The van der Waals surface area contributed by atoms with Crippen molar-refractivity contribution < 1.29 is 19.1 Å². The molecular weight excluding hydrogens is 396 g/mol. The van der Waals surface area contributed by atoms with Crippen LogP contribution in [-0.2, 0) is 14.4 Å². The predicted octanol–water partition coefficient (Wildman–Crippen LogP) is 2.36. The fourth-order valence-corrected chi connectivity index (χ4v) is 3.10. The van der Waals surface area contributed by atoms with Gasteiger partial charge in [-0.05, 0) is 56.9 Å². The molecule has 2 aromatic carbocycles. The van der Waals surface area contributed by atoms with Crippen LogP contribution in [0.4, 0.5) is 5.69 Å². The van der Waals surface area contributed by atoms with Crippen LogP contribution in [0.25, 0.3) is 0 Å². The van der Waals surface area contributed by atoms with Crippen LogP contribution in [0.2, 0.25) is 0 Å². The van der Waals surface area contributed by atoms with Gasteiger partial charge in [-0.1, -0.05) is 29.8 Å². The fourth-order valence-electron chi connectivity index (χ4n) is 3.10. The number of rotatable bonds is 7. The first-order valence-electron chi connectivity index (χ1n) is 10.1. The summed E-state index contributed by atoms with van der Waals surface area (Å²) in [6.07, 6.45) is 3.15. The van der Waals surface area contributed by atoms with Crippen molar-refractivity contribution in [3.05, 3.63) is 58.7 Å². The van der Waals surface area contributed by atoms with E-state index >= 15 is 0 Å².